The van der Waals surface area contributed by atoms with Crippen LogP contribution in [0.5, 0.6) is 5.75 Å². The van der Waals surface area contributed by atoms with Crippen LogP contribution >= 0.6 is 0 Å². The molecule has 6 nitrogen and oxygen atoms in total. The van der Waals surface area contributed by atoms with Crippen LogP contribution in [-0.2, 0) is 11.3 Å². The van der Waals surface area contributed by atoms with Gasteiger partial charge in [0.05, 0.1) is 13.7 Å². The third-order valence-corrected chi connectivity index (χ3v) is 3.85. The van der Waals surface area contributed by atoms with Crippen LogP contribution in [0, 0.1) is 0 Å². The number of benzene rings is 2. The monoisotopic (exact) mass is 342 g/mol. The van der Waals surface area contributed by atoms with Crippen LogP contribution in [0.3, 0.4) is 0 Å². The predicted octanol–water partition coefficient (Wildman–Crippen LogP) is 1.04. The van der Waals surface area contributed by atoms with E-state index in [1.807, 2.05) is 68.6 Å². The van der Waals surface area contributed by atoms with E-state index in [2.05, 4.69) is 5.32 Å². The first-order valence-electron chi connectivity index (χ1n) is 8.20. The summed E-state index contributed by atoms with van der Waals surface area (Å²) in [5.41, 5.74) is 7.00. The molecule has 2 atom stereocenters. The largest absolute Gasteiger partial charge is 0.494 e. The van der Waals surface area contributed by atoms with Gasteiger partial charge in [0.25, 0.3) is 5.91 Å². The quantitative estimate of drug-likeness (QED) is 0.703. The molecule has 2 rings (SSSR count). The molecule has 0 spiro atoms. The molecule has 0 bridgehead atoms. The Kier molecular flexibility index (Phi) is 6.54. The number of quaternary nitrogens is 1. The van der Waals surface area contributed by atoms with Gasteiger partial charge in [-0.1, -0.05) is 30.3 Å². The molecule has 0 fully saturated rings. The highest BCUT2D eigenvalue weighted by atomic mass is 16.5. The van der Waals surface area contributed by atoms with Gasteiger partial charge in [-0.15, -0.1) is 0 Å². The molecule has 25 heavy (non-hydrogen) atoms. The number of hydrogen-bond donors (Lipinski definition) is 3. The van der Waals surface area contributed by atoms with E-state index in [0.717, 1.165) is 21.8 Å². The SMILES string of the molecule is CCOc1ccc(C[NH+](C)[C@@H](C(=O)NC(N)=O)c2ccccc2)cc1. The number of ether oxygens (including phenoxy) is 1. The highest BCUT2D eigenvalue weighted by Crippen LogP contribution is 2.13. The Morgan fingerprint density at radius 3 is 2.32 bits per heavy atom. The Labute approximate surface area is 147 Å². The van der Waals surface area contributed by atoms with Crippen LogP contribution in [0.2, 0.25) is 0 Å². The maximum absolute atomic E-state index is 12.5. The maximum Gasteiger partial charge on any atom is 0.319 e. The summed E-state index contributed by atoms with van der Waals surface area (Å²) in [7, 11) is 1.91. The van der Waals surface area contributed by atoms with E-state index in [4.69, 9.17) is 10.5 Å². The zero-order valence-corrected chi connectivity index (χ0v) is 14.5. The molecule has 3 amide bonds. The topological polar surface area (TPSA) is 85.9 Å². The Morgan fingerprint density at radius 1 is 1.12 bits per heavy atom. The summed E-state index contributed by atoms with van der Waals surface area (Å²) < 4.78 is 5.44. The fourth-order valence-corrected chi connectivity index (χ4v) is 2.79. The number of nitrogens with two attached hydrogens (primary N) is 1. The van der Waals surface area contributed by atoms with Gasteiger partial charge in [0, 0.05) is 11.1 Å². The lowest BCUT2D eigenvalue weighted by Crippen LogP contribution is -3.09. The van der Waals surface area contributed by atoms with E-state index in [-0.39, 0.29) is 0 Å². The van der Waals surface area contributed by atoms with Crippen molar-refractivity contribution in [3.05, 3.63) is 65.7 Å². The van der Waals surface area contributed by atoms with Crippen molar-refractivity contribution in [3.63, 3.8) is 0 Å². The van der Waals surface area contributed by atoms with Crippen LogP contribution in [0.1, 0.15) is 24.1 Å². The Bertz CT molecular complexity index is 702. The fourth-order valence-electron chi connectivity index (χ4n) is 2.79. The molecule has 0 saturated carbocycles. The van der Waals surface area contributed by atoms with Gasteiger partial charge in [-0.05, 0) is 31.2 Å². The number of primary amides is 1. The van der Waals surface area contributed by atoms with Crippen molar-refractivity contribution in [2.24, 2.45) is 5.73 Å². The minimum Gasteiger partial charge on any atom is -0.494 e. The van der Waals surface area contributed by atoms with Crippen LogP contribution in [0.25, 0.3) is 0 Å². The van der Waals surface area contributed by atoms with E-state index >= 15 is 0 Å². The Hall–Kier alpha value is -2.86. The van der Waals surface area contributed by atoms with Crippen molar-refractivity contribution in [2.45, 2.75) is 19.5 Å². The zero-order chi connectivity index (χ0) is 18.2. The highest BCUT2D eigenvalue weighted by Gasteiger charge is 2.29. The lowest BCUT2D eigenvalue weighted by atomic mass is 10.0. The van der Waals surface area contributed by atoms with Crippen molar-refractivity contribution < 1.29 is 19.2 Å². The fraction of sp³-hybridized carbons (Fsp3) is 0.263. The third kappa shape index (κ3) is 5.32. The summed E-state index contributed by atoms with van der Waals surface area (Å²) in [4.78, 5) is 24.5. The number of carbonyl (C=O) groups excluding carboxylic acids is 2. The number of likely N-dealkylation sites (N-methyl/N-ethyl adjacent to an activating group) is 1. The summed E-state index contributed by atoms with van der Waals surface area (Å²) >= 11 is 0. The number of amides is 3. The average molecular weight is 342 g/mol. The van der Waals surface area contributed by atoms with E-state index in [9.17, 15) is 9.59 Å². The van der Waals surface area contributed by atoms with Gasteiger partial charge in [-0.2, -0.15) is 0 Å². The van der Waals surface area contributed by atoms with Crippen molar-refractivity contribution >= 4 is 11.9 Å². The normalized spacial score (nSPS) is 12.9. The molecule has 6 heteroatoms. The third-order valence-electron chi connectivity index (χ3n) is 3.85. The van der Waals surface area contributed by atoms with E-state index < -0.39 is 18.0 Å². The van der Waals surface area contributed by atoms with E-state index in [1.54, 1.807) is 0 Å². The number of hydrogen-bond acceptors (Lipinski definition) is 3. The van der Waals surface area contributed by atoms with Crippen molar-refractivity contribution in [3.8, 4) is 5.75 Å². The number of imide groups is 1. The molecule has 0 aromatic heterocycles. The van der Waals surface area contributed by atoms with E-state index in [0.29, 0.717) is 13.2 Å². The van der Waals surface area contributed by atoms with Gasteiger partial charge in [-0.3, -0.25) is 10.1 Å². The molecular formula is C19H24N3O3+. The molecule has 1 unspecified atom stereocenters. The zero-order valence-electron chi connectivity index (χ0n) is 14.5. The van der Waals surface area contributed by atoms with Gasteiger partial charge >= 0.3 is 6.03 Å². The second-order valence-electron chi connectivity index (χ2n) is 5.80. The first-order chi connectivity index (χ1) is 12.0. The smallest absolute Gasteiger partial charge is 0.319 e. The number of urea groups is 1. The highest BCUT2D eigenvalue weighted by molar-refractivity contribution is 5.96. The first-order valence-corrected chi connectivity index (χ1v) is 8.20. The molecule has 0 aliphatic carbocycles. The summed E-state index contributed by atoms with van der Waals surface area (Å²) in [5.74, 6) is 0.400. The molecule has 132 valence electrons. The molecule has 0 aliphatic rings. The summed E-state index contributed by atoms with van der Waals surface area (Å²) in [6, 6.07) is 15.7. The number of carbonyl (C=O) groups is 2. The van der Waals surface area contributed by atoms with Gasteiger partial charge in [0.15, 0.2) is 6.04 Å². The second kappa shape index (κ2) is 8.84. The molecular weight excluding hydrogens is 318 g/mol. The molecule has 0 radical (unpaired) electrons. The standard InChI is InChI=1S/C19H23N3O3/c1-3-25-16-11-9-14(10-12-16)13-22(2)17(18(23)21-19(20)24)15-7-5-4-6-8-15/h4-12,17H,3,13H2,1-2H3,(H3,20,21,23,24)/p+1/t17-/m1/s1. The van der Waals surface area contributed by atoms with Crippen LogP contribution in [0.4, 0.5) is 4.79 Å². The van der Waals surface area contributed by atoms with Crippen molar-refractivity contribution in [1.29, 1.82) is 0 Å². The van der Waals surface area contributed by atoms with Crippen molar-refractivity contribution in [2.75, 3.05) is 13.7 Å². The second-order valence-corrected chi connectivity index (χ2v) is 5.80. The molecule has 2 aromatic carbocycles. The van der Waals surface area contributed by atoms with Gasteiger partial charge in [0.2, 0.25) is 0 Å². The van der Waals surface area contributed by atoms with Crippen LogP contribution < -0.4 is 20.7 Å². The minimum atomic E-state index is -0.847. The van der Waals surface area contributed by atoms with Crippen LogP contribution in [-0.4, -0.2) is 25.6 Å². The van der Waals surface area contributed by atoms with Gasteiger partial charge < -0.3 is 15.4 Å². The van der Waals surface area contributed by atoms with E-state index in [1.165, 1.54) is 0 Å². The number of nitrogens with one attached hydrogen (secondary N) is 2. The molecule has 0 aliphatic heterocycles. The summed E-state index contributed by atoms with van der Waals surface area (Å²) in [6.07, 6.45) is 0. The first kappa shape index (κ1) is 18.5. The summed E-state index contributed by atoms with van der Waals surface area (Å²) in [5, 5.41) is 2.19. The number of rotatable bonds is 7. The minimum absolute atomic E-state index is 0.415. The Balaban J connectivity index is 2.18. The van der Waals surface area contributed by atoms with Gasteiger partial charge in [-0.25, -0.2) is 4.79 Å². The lowest BCUT2D eigenvalue weighted by molar-refractivity contribution is -0.916. The average Bonchev–Trinajstić information content (AvgIpc) is 2.57. The molecule has 2 aromatic rings. The predicted molar refractivity (Wildman–Crippen MR) is 95.1 cm³/mol. The molecule has 4 N–H and O–H groups in total. The van der Waals surface area contributed by atoms with Gasteiger partial charge in [0.1, 0.15) is 12.3 Å². The lowest BCUT2D eigenvalue weighted by Gasteiger charge is -2.24. The Morgan fingerprint density at radius 2 is 1.76 bits per heavy atom. The summed E-state index contributed by atoms with van der Waals surface area (Å²) in [6.45, 7) is 3.17. The van der Waals surface area contributed by atoms with Crippen molar-refractivity contribution in [1.82, 2.24) is 5.32 Å². The molecule has 0 heterocycles. The molecule has 0 saturated heterocycles. The maximum atomic E-state index is 12.5. The van der Waals surface area contributed by atoms with Crippen LogP contribution in [0.15, 0.2) is 54.6 Å².